The molecule has 0 N–H and O–H groups in total. The summed E-state index contributed by atoms with van der Waals surface area (Å²) in [6.07, 6.45) is 0. The Morgan fingerprint density at radius 2 is 0.828 bits per heavy atom. The Labute approximate surface area is 179 Å². The lowest BCUT2D eigenvalue weighted by molar-refractivity contribution is 0.252. The highest BCUT2D eigenvalue weighted by Gasteiger charge is 2.52. The molecule has 0 saturated heterocycles. The zero-order chi connectivity index (χ0) is 21.8. The third kappa shape index (κ3) is 6.54. The van der Waals surface area contributed by atoms with Gasteiger partial charge in [-0.1, -0.05) is 60.7 Å². The van der Waals surface area contributed by atoms with Crippen LogP contribution >= 0.6 is 0 Å². The van der Waals surface area contributed by atoms with Crippen molar-refractivity contribution in [1.29, 1.82) is 0 Å². The van der Waals surface area contributed by atoms with Gasteiger partial charge in [0.25, 0.3) is 0 Å². The maximum Gasteiger partial charge on any atom is 0.389 e. The van der Waals surface area contributed by atoms with Crippen LogP contribution in [0.1, 0.15) is 0 Å². The third-order valence-electron chi connectivity index (χ3n) is 4.56. The maximum atomic E-state index is 7.02. The van der Waals surface area contributed by atoms with E-state index in [1.807, 2.05) is 62.6 Å². The quantitative estimate of drug-likeness (QED) is 0.500. The maximum absolute atomic E-state index is 7.02. The monoisotopic (exact) mass is 466 g/mol. The molecule has 29 heavy (non-hydrogen) atoms. The molecule has 0 amide bonds. The van der Waals surface area contributed by atoms with Crippen LogP contribution in [0.3, 0.4) is 0 Å². The van der Waals surface area contributed by atoms with Crippen LogP contribution in [-0.2, 0) is 21.2 Å². The second-order valence-corrected chi connectivity index (χ2v) is 22.3. The van der Waals surface area contributed by atoms with Gasteiger partial charge in [0.05, 0.1) is 0 Å². The average Bonchev–Trinajstić information content (AvgIpc) is 2.67. The zero-order valence-corrected chi connectivity index (χ0v) is 22.8. The first kappa shape index (κ1) is 24.4. The SMILES string of the molecule is CO[Si](C)(C)O[Si](C)(C)O[Si](O[Si](C)(C)OC)(c1ccccc1)c1ccccc1. The van der Waals surface area contributed by atoms with E-state index in [0.29, 0.717) is 0 Å². The Kier molecular flexibility index (Phi) is 7.98. The number of hydrogen-bond acceptors (Lipinski definition) is 5. The summed E-state index contributed by atoms with van der Waals surface area (Å²) in [6, 6.07) is 20.5. The van der Waals surface area contributed by atoms with Crippen molar-refractivity contribution in [3.63, 3.8) is 0 Å². The summed E-state index contributed by atoms with van der Waals surface area (Å²) in [6.45, 7) is 12.3. The zero-order valence-electron chi connectivity index (χ0n) is 18.8. The van der Waals surface area contributed by atoms with Gasteiger partial charge >= 0.3 is 34.2 Å². The predicted molar refractivity (Wildman–Crippen MR) is 128 cm³/mol. The number of benzene rings is 2. The lowest BCUT2D eigenvalue weighted by Gasteiger charge is -2.43. The summed E-state index contributed by atoms with van der Waals surface area (Å²) in [5, 5.41) is 2.09. The molecule has 0 fully saturated rings. The van der Waals surface area contributed by atoms with Crippen molar-refractivity contribution in [2.75, 3.05) is 14.2 Å². The predicted octanol–water partition coefficient (Wildman–Crippen LogP) is 3.69. The molecule has 0 spiro atoms. The topological polar surface area (TPSA) is 46.2 Å². The molecule has 2 aromatic rings. The summed E-state index contributed by atoms with van der Waals surface area (Å²) in [5.41, 5.74) is 0. The average molecular weight is 467 g/mol. The van der Waals surface area contributed by atoms with Crippen LogP contribution in [-0.4, -0.2) is 48.5 Å². The van der Waals surface area contributed by atoms with E-state index >= 15 is 0 Å². The highest BCUT2D eigenvalue weighted by atomic mass is 28.5. The van der Waals surface area contributed by atoms with Gasteiger partial charge in [-0.05, 0) is 49.7 Å². The van der Waals surface area contributed by atoms with Crippen molar-refractivity contribution in [1.82, 2.24) is 0 Å². The summed E-state index contributed by atoms with van der Waals surface area (Å²) in [5.74, 6) is 0. The van der Waals surface area contributed by atoms with Crippen LogP contribution in [0, 0.1) is 0 Å². The molecule has 5 nitrogen and oxygen atoms in total. The minimum Gasteiger partial charge on any atom is -0.415 e. The van der Waals surface area contributed by atoms with Crippen molar-refractivity contribution >= 4 is 44.6 Å². The molecular weight excluding hydrogens is 433 g/mol. The molecular formula is C20H34O5Si4. The molecule has 0 aliphatic rings. The molecule has 2 aromatic carbocycles. The molecule has 9 heteroatoms. The molecule has 0 atom stereocenters. The van der Waals surface area contributed by atoms with Crippen molar-refractivity contribution in [2.45, 2.75) is 39.3 Å². The highest BCUT2D eigenvalue weighted by Crippen LogP contribution is 2.25. The lowest BCUT2D eigenvalue weighted by Crippen LogP contribution is -2.71. The first-order valence-corrected chi connectivity index (χ1v) is 20.0. The second-order valence-electron chi connectivity index (χ2n) is 8.26. The Morgan fingerprint density at radius 1 is 0.483 bits per heavy atom. The van der Waals surface area contributed by atoms with Gasteiger partial charge in [0.15, 0.2) is 0 Å². The van der Waals surface area contributed by atoms with Crippen LogP contribution in [0.2, 0.25) is 39.3 Å². The van der Waals surface area contributed by atoms with Crippen LogP contribution < -0.4 is 10.4 Å². The number of hydrogen-bond donors (Lipinski definition) is 0. The Hall–Kier alpha value is -0.892. The molecule has 0 aromatic heterocycles. The van der Waals surface area contributed by atoms with Crippen molar-refractivity contribution < 1.29 is 21.2 Å². The fraction of sp³-hybridized carbons (Fsp3) is 0.400. The van der Waals surface area contributed by atoms with Crippen LogP contribution in [0.5, 0.6) is 0 Å². The molecule has 0 heterocycles. The van der Waals surface area contributed by atoms with E-state index in [4.69, 9.17) is 21.2 Å². The van der Waals surface area contributed by atoms with Gasteiger partial charge in [0, 0.05) is 14.2 Å². The van der Waals surface area contributed by atoms with E-state index in [9.17, 15) is 0 Å². The fourth-order valence-electron chi connectivity index (χ4n) is 3.13. The van der Waals surface area contributed by atoms with E-state index < -0.39 is 34.2 Å². The van der Waals surface area contributed by atoms with Gasteiger partial charge in [-0.2, -0.15) is 0 Å². The van der Waals surface area contributed by atoms with Gasteiger partial charge in [-0.25, -0.2) is 0 Å². The van der Waals surface area contributed by atoms with E-state index in [1.54, 1.807) is 14.2 Å². The van der Waals surface area contributed by atoms with E-state index in [2.05, 4.69) is 37.4 Å². The molecule has 0 radical (unpaired) electrons. The van der Waals surface area contributed by atoms with E-state index in [1.165, 1.54) is 0 Å². The normalized spacial score (nSPS) is 13.5. The van der Waals surface area contributed by atoms with Crippen LogP contribution in [0.25, 0.3) is 0 Å². The first-order valence-electron chi connectivity index (χ1n) is 9.77. The highest BCUT2D eigenvalue weighted by molar-refractivity contribution is 7.01. The molecule has 0 aliphatic heterocycles. The lowest BCUT2D eigenvalue weighted by atomic mass is 10.4. The van der Waals surface area contributed by atoms with Crippen molar-refractivity contribution in [2.24, 2.45) is 0 Å². The molecule has 0 bridgehead atoms. The molecule has 160 valence electrons. The molecule has 2 rings (SSSR count). The summed E-state index contributed by atoms with van der Waals surface area (Å²) in [7, 11) is -7.09. The second kappa shape index (κ2) is 9.50. The van der Waals surface area contributed by atoms with Gasteiger partial charge < -0.3 is 21.2 Å². The fourth-order valence-corrected chi connectivity index (χ4v) is 18.6. The van der Waals surface area contributed by atoms with Gasteiger partial charge in [0.1, 0.15) is 0 Å². The van der Waals surface area contributed by atoms with Crippen molar-refractivity contribution in [3.05, 3.63) is 60.7 Å². The Balaban J connectivity index is 2.65. The van der Waals surface area contributed by atoms with Gasteiger partial charge in [-0.3, -0.25) is 0 Å². The van der Waals surface area contributed by atoms with E-state index in [0.717, 1.165) is 10.4 Å². The first-order chi connectivity index (χ1) is 13.5. The smallest absolute Gasteiger partial charge is 0.389 e. The molecule has 0 saturated carbocycles. The van der Waals surface area contributed by atoms with Crippen molar-refractivity contribution in [3.8, 4) is 0 Å². The number of rotatable bonds is 10. The third-order valence-corrected chi connectivity index (χ3v) is 18.9. The standard InChI is InChI=1S/C20H34O5Si4/c1-21-26(3,4)23-28(7,8)25-29(24-27(5,6)22-2,19-15-11-9-12-16-19)20-17-13-10-14-18-20/h9-18H,1-8H3. The summed E-state index contributed by atoms with van der Waals surface area (Å²) in [4.78, 5) is 0. The minimum atomic E-state index is -3.11. The Bertz CT molecular complexity index is 729. The summed E-state index contributed by atoms with van der Waals surface area (Å²) >= 11 is 0. The van der Waals surface area contributed by atoms with E-state index in [-0.39, 0.29) is 0 Å². The molecule has 0 unspecified atom stereocenters. The van der Waals surface area contributed by atoms with Gasteiger partial charge in [-0.15, -0.1) is 0 Å². The summed E-state index contributed by atoms with van der Waals surface area (Å²) < 4.78 is 31.8. The molecule has 0 aliphatic carbocycles. The largest absolute Gasteiger partial charge is 0.415 e. The minimum absolute atomic E-state index is 1.05. The van der Waals surface area contributed by atoms with Gasteiger partial charge in [0.2, 0.25) is 0 Å². The van der Waals surface area contributed by atoms with Crippen LogP contribution in [0.15, 0.2) is 60.7 Å². The van der Waals surface area contributed by atoms with Crippen LogP contribution in [0.4, 0.5) is 0 Å². The Morgan fingerprint density at radius 3 is 1.21 bits per heavy atom.